The van der Waals surface area contributed by atoms with Gasteiger partial charge in [-0.3, -0.25) is 0 Å². The first-order valence-electron chi connectivity index (χ1n) is 7.98. The third kappa shape index (κ3) is 5.68. The van der Waals surface area contributed by atoms with Gasteiger partial charge in [0.05, 0.1) is 6.10 Å². The molecule has 0 heterocycles. The molecule has 1 atom stereocenters. The van der Waals surface area contributed by atoms with E-state index in [-0.39, 0.29) is 6.10 Å². The molecular formula is C19H24ClNO2. The summed E-state index contributed by atoms with van der Waals surface area (Å²) in [5, 5.41) is 4.09. The Morgan fingerprint density at radius 2 is 1.78 bits per heavy atom. The maximum Gasteiger partial charge on any atom is 0.119 e. The number of aryl methyl sites for hydroxylation is 1. The lowest BCUT2D eigenvalue weighted by atomic mass is 10.2. The van der Waals surface area contributed by atoms with Crippen LogP contribution in [0.2, 0.25) is 5.02 Å². The van der Waals surface area contributed by atoms with E-state index in [9.17, 15) is 0 Å². The van der Waals surface area contributed by atoms with E-state index < -0.39 is 0 Å². The highest BCUT2D eigenvalue weighted by Crippen LogP contribution is 2.21. The van der Waals surface area contributed by atoms with Gasteiger partial charge < -0.3 is 14.8 Å². The molecule has 0 saturated carbocycles. The summed E-state index contributed by atoms with van der Waals surface area (Å²) in [5.74, 6) is 1.74. The fourth-order valence-electron chi connectivity index (χ4n) is 2.04. The number of rotatable bonds is 8. The maximum atomic E-state index is 6.00. The molecule has 1 unspecified atom stereocenters. The number of nitrogens with one attached hydrogen (secondary N) is 1. The van der Waals surface area contributed by atoms with Crippen molar-refractivity contribution in [3.05, 3.63) is 53.1 Å². The summed E-state index contributed by atoms with van der Waals surface area (Å²) in [6.45, 7) is 7.47. The third-order valence-corrected chi connectivity index (χ3v) is 4.02. The quantitative estimate of drug-likeness (QED) is 0.663. The van der Waals surface area contributed by atoms with Gasteiger partial charge in [-0.2, -0.15) is 0 Å². The lowest BCUT2D eigenvalue weighted by molar-refractivity contribution is 0.217. The predicted octanol–water partition coefficient (Wildman–Crippen LogP) is 5.32. The van der Waals surface area contributed by atoms with Crippen LogP contribution in [0.3, 0.4) is 0 Å². The van der Waals surface area contributed by atoms with Crippen molar-refractivity contribution in [2.45, 2.75) is 33.3 Å². The summed E-state index contributed by atoms with van der Waals surface area (Å²) in [6.07, 6.45) is 1.24. The number of benzene rings is 2. The average molecular weight is 334 g/mol. The van der Waals surface area contributed by atoms with Crippen molar-refractivity contribution >= 4 is 17.3 Å². The van der Waals surface area contributed by atoms with Crippen LogP contribution in [-0.4, -0.2) is 19.3 Å². The normalized spacial score (nSPS) is 11.8. The van der Waals surface area contributed by atoms with Gasteiger partial charge >= 0.3 is 0 Å². The Bertz CT molecular complexity index is 613. The van der Waals surface area contributed by atoms with E-state index in [0.29, 0.717) is 6.61 Å². The second kappa shape index (κ2) is 8.68. The number of hydrogen-bond acceptors (Lipinski definition) is 3. The van der Waals surface area contributed by atoms with Crippen LogP contribution in [-0.2, 0) is 0 Å². The lowest BCUT2D eigenvalue weighted by Crippen LogP contribution is -2.12. The van der Waals surface area contributed by atoms with Gasteiger partial charge in [0, 0.05) is 17.3 Å². The molecule has 4 heteroatoms. The highest BCUT2D eigenvalue weighted by atomic mass is 35.5. The lowest BCUT2D eigenvalue weighted by Gasteiger charge is -2.13. The number of halogens is 1. The summed E-state index contributed by atoms with van der Waals surface area (Å²) < 4.78 is 11.5. The van der Waals surface area contributed by atoms with Gasteiger partial charge in [0.1, 0.15) is 18.1 Å². The molecule has 1 N–H and O–H groups in total. The molecule has 0 aromatic heterocycles. The van der Waals surface area contributed by atoms with Crippen molar-refractivity contribution in [2.24, 2.45) is 0 Å². The van der Waals surface area contributed by atoms with Crippen LogP contribution in [0.5, 0.6) is 11.5 Å². The highest BCUT2D eigenvalue weighted by molar-refractivity contribution is 6.31. The molecule has 0 aliphatic heterocycles. The Balaban J connectivity index is 1.74. The van der Waals surface area contributed by atoms with Crippen LogP contribution in [0.1, 0.15) is 25.8 Å². The molecule has 0 bridgehead atoms. The minimum Gasteiger partial charge on any atom is -0.492 e. The molecule has 3 nitrogen and oxygen atoms in total. The minimum atomic E-state index is 0.241. The van der Waals surface area contributed by atoms with Gasteiger partial charge in [0.2, 0.25) is 0 Å². The van der Waals surface area contributed by atoms with Gasteiger partial charge in [-0.15, -0.1) is 0 Å². The third-order valence-electron chi connectivity index (χ3n) is 3.60. The molecule has 23 heavy (non-hydrogen) atoms. The number of anilines is 1. The van der Waals surface area contributed by atoms with Gasteiger partial charge in [-0.25, -0.2) is 0 Å². The highest BCUT2D eigenvalue weighted by Gasteiger charge is 2.01. The second-order valence-electron chi connectivity index (χ2n) is 5.55. The van der Waals surface area contributed by atoms with E-state index in [4.69, 9.17) is 21.1 Å². The summed E-state index contributed by atoms with van der Waals surface area (Å²) in [5.41, 5.74) is 2.08. The Labute approximate surface area is 143 Å². The Morgan fingerprint density at radius 1 is 1.09 bits per heavy atom. The Hall–Kier alpha value is -1.87. The van der Waals surface area contributed by atoms with Crippen molar-refractivity contribution in [3.8, 4) is 11.5 Å². The molecule has 2 aromatic rings. The summed E-state index contributed by atoms with van der Waals surface area (Å²) in [6, 6.07) is 13.7. The zero-order valence-corrected chi connectivity index (χ0v) is 14.7. The SMILES string of the molecule is CCC(C)Oc1ccc(NCCOc2ccc(Cl)c(C)c2)cc1. The zero-order valence-electron chi connectivity index (χ0n) is 13.9. The van der Waals surface area contributed by atoms with Crippen LogP contribution in [0.25, 0.3) is 0 Å². The fourth-order valence-corrected chi connectivity index (χ4v) is 2.16. The monoisotopic (exact) mass is 333 g/mol. The zero-order chi connectivity index (χ0) is 16.7. The van der Waals surface area contributed by atoms with Crippen LogP contribution >= 0.6 is 11.6 Å². The molecule has 0 amide bonds. The van der Waals surface area contributed by atoms with Crippen LogP contribution in [0.4, 0.5) is 5.69 Å². The minimum absolute atomic E-state index is 0.241. The molecule has 0 fully saturated rings. The molecule has 2 rings (SSSR count). The van der Waals surface area contributed by atoms with Crippen molar-refractivity contribution in [1.29, 1.82) is 0 Å². The van der Waals surface area contributed by atoms with Crippen LogP contribution in [0.15, 0.2) is 42.5 Å². The molecule has 0 spiro atoms. The van der Waals surface area contributed by atoms with E-state index >= 15 is 0 Å². The first-order valence-corrected chi connectivity index (χ1v) is 8.36. The predicted molar refractivity (Wildman–Crippen MR) is 97.0 cm³/mol. The van der Waals surface area contributed by atoms with Gasteiger partial charge in [0.25, 0.3) is 0 Å². The first-order chi connectivity index (χ1) is 11.1. The molecule has 2 aromatic carbocycles. The van der Waals surface area contributed by atoms with E-state index in [1.165, 1.54) is 0 Å². The summed E-state index contributed by atoms with van der Waals surface area (Å²) in [7, 11) is 0. The molecule has 0 aliphatic carbocycles. The van der Waals surface area contributed by atoms with E-state index in [0.717, 1.165) is 40.7 Å². The van der Waals surface area contributed by atoms with Crippen molar-refractivity contribution in [3.63, 3.8) is 0 Å². The van der Waals surface area contributed by atoms with Crippen molar-refractivity contribution in [2.75, 3.05) is 18.5 Å². The van der Waals surface area contributed by atoms with Gasteiger partial charge in [-0.1, -0.05) is 18.5 Å². The van der Waals surface area contributed by atoms with E-state index in [1.54, 1.807) is 0 Å². The van der Waals surface area contributed by atoms with Gasteiger partial charge in [0.15, 0.2) is 0 Å². The number of hydrogen-bond donors (Lipinski definition) is 1. The van der Waals surface area contributed by atoms with E-state index in [1.807, 2.05) is 49.4 Å². The molecular weight excluding hydrogens is 310 g/mol. The standard InChI is InChI=1S/C19H24ClNO2/c1-4-15(3)23-17-7-5-16(6-8-17)21-11-12-22-18-9-10-19(20)14(2)13-18/h5-10,13,15,21H,4,11-12H2,1-3H3. The summed E-state index contributed by atoms with van der Waals surface area (Å²) >= 11 is 6.00. The van der Waals surface area contributed by atoms with E-state index in [2.05, 4.69) is 19.2 Å². The molecule has 124 valence electrons. The Kier molecular flexibility index (Phi) is 6.60. The first kappa shape index (κ1) is 17.5. The molecule has 0 radical (unpaired) electrons. The second-order valence-corrected chi connectivity index (χ2v) is 5.95. The van der Waals surface area contributed by atoms with Gasteiger partial charge in [-0.05, 0) is 68.3 Å². The fraction of sp³-hybridized carbons (Fsp3) is 0.368. The summed E-state index contributed by atoms with van der Waals surface area (Å²) in [4.78, 5) is 0. The molecule has 0 saturated heterocycles. The average Bonchev–Trinajstić information content (AvgIpc) is 2.56. The Morgan fingerprint density at radius 3 is 2.43 bits per heavy atom. The smallest absolute Gasteiger partial charge is 0.119 e. The topological polar surface area (TPSA) is 30.5 Å². The van der Waals surface area contributed by atoms with Crippen molar-refractivity contribution < 1.29 is 9.47 Å². The van der Waals surface area contributed by atoms with Crippen molar-refractivity contribution in [1.82, 2.24) is 0 Å². The molecule has 0 aliphatic rings. The largest absolute Gasteiger partial charge is 0.492 e. The number of ether oxygens (including phenoxy) is 2. The van der Waals surface area contributed by atoms with Crippen LogP contribution in [0, 0.1) is 6.92 Å². The maximum absolute atomic E-state index is 6.00. The van der Waals surface area contributed by atoms with Crippen LogP contribution < -0.4 is 14.8 Å².